The number of aryl methyl sites for hydroxylation is 1. The Morgan fingerprint density at radius 2 is 1.68 bits per heavy atom. The van der Waals surface area contributed by atoms with Gasteiger partial charge in [0, 0.05) is 31.9 Å². The van der Waals surface area contributed by atoms with Crippen LogP contribution in [0.5, 0.6) is 5.75 Å². The topological polar surface area (TPSA) is 91.0 Å². The maximum absolute atomic E-state index is 13.0. The van der Waals surface area contributed by atoms with Gasteiger partial charge in [-0.2, -0.15) is 4.31 Å². The molecule has 0 spiro atoms. The van der Waals surface area contributed by atoms with Crippen molar-refractivity contribution in [3.63, 3.8) is 0 Å². The quantitative estimate of drug-likeness (QED) is 0.458. The molecule has 3 aromatic rings. The Kier molecular flexibility index (Phi) is 8.48. The van der Waals surface area contributed by atoms with E-state index in [1.807, 2.05) is 50.4 Å². The minimum absolute atomic E-state index is 0.171. The first kappa shape index (κ1) is 26.7. The third-order valence-electron chi connectivity index (χ3n) is 6.41. The molecule has 9 heteroatoms. The average molecular weight is 523 g/mol. The molecule has 3 aromatic carbocycles. The minimum atomic E-state index is -3.62. The molecule has 4 rings (SSSR count). The molecule has 0 saturated carbocycles. The van der Waals surface area contributed by atoms with Crippen LogP contribution >= 0.6 is 0 Å². The standard InChI is InChI=1S/C28H34N4O4S/c1-21-6-4-7-23(18-21)20-36-26-12-10-24(11-13-26)22(2)29-28(33)30-25-8-5-9-27(19-25)37(34,35)32-16-14-31(3)15-17-32/h4-13,18-19,22H,14-17,20H2,1-3H3,(H2,29,30,33). The number of benzene rings is 3. The van der Waals surface area contributed by atoms with Gasteiger partial charge in [0.25, 0.3) is 0 Å². The summed E-state index contributed by atoms with van der Waals surface area (Å²) in [5.41, 5.74) is 3.64. The monoisotopic (exact) mass is 522 g/mol. The van der Waals surface area contributed by atoms with E-state index in [1.54, 1.807) is 18.2 Å². The second-order valence-electron chi connectivity index (χ2n) is 9.40. The number of nitrogens with zero attached hydrogens (tertiary/aromatic N) is 2. The molecule has 2 N–H and O–H groups in total. The molecule has 1 fully saturated rings. The van der Waals surface area contributed by atoms with Crippen molar-refractivity contribution < 1.29 is 17.9 Å². The summed E-state index contributed by atoms with van der Waals surface area (Å²) in [6, 6.07) is 21.5. The summed E-state index contributed by atoms with van der Waals surface area (Å²) in [5.74, 6) is 0.750. The van der Waals surface area contributed by atoms with E-state index >= 15 is 0 Å². The lowest BCUT2D eigenvalue weighted by molar-refractivity contribution is 0.222. The van der Waals surface area contributed by atoms with Crippen molar-refractivity contribution >= 4 is 21.7 Å². The van der Waals surface area contributed by atoms with E-state index < -0.39 is 16.1 Å². The number of amides is 2. The van der Waals surface area contributed by atoms with Crippen molar-refractivity contribution in [3.8, 4) is 5.75 Å². The van der Waals surface area contributed by atoms with Crippen LogP contribution in [-0.4, -0.2) is 56.9 Å². The molecule has 1 aliphatic heterocycles. The van der Waals surface area contributed by atoms with Gasteiger partial charge in [0.15, 0.2) is 0 Å². The molecule has 1 unspecified atom stereocenters. The number of ether oxygens (including phenoxy) is 1. The first-order valence-electron chi connectivity index (χ1n) is 12.4. The number of nitrogens with one attached hydrogen (secondary N) is 2. The summed E-state index contributed by atoms with van der Waals surface area (Å²) in [7, 11) is -1.64. The molecule has 1 atom stereocenters. The Labute approximate surface area is 219 Å². The smallest absolute Gasteiger partial charge is 0.319 e. The SMILES string of the molecule is Cc1cccc(COc2ccc(C(C)NC(=O)Nc3cccc(S(=O)(=O)N4CCN(C)CC4)c3)cc2)c1. The Morgan fingerprint density at radius 3 is 2.38 bits per heavy atom. The summed E-state index contributed by atoms with van der Waals surface area (Å²) < 4.78 is 33.4. The fraction of sp³-hybridized carbons (Fsp3) is 0.321. The molecule has 1 saturated heterocycles. The van der Waals surface area contributed by atoms with Crippen molar-refractivity contribution in [2.75, 3.05) is 38.5 Å². The van der Waals surface area contributed by atoms with Crippen molar-refractivity contribution in [1.82, 2.24) is 14.5 Å². The number of rotatable bonds is 8. The molecule has 1 aliphatic rings. The van der Waals surface area contributed by atoms with Gasteiger partial charge in [0.1, 0.15) is 12.4 Å². The number of hydrogen-bond acceptors (Lipinski definition) is 5. The lowest BCUT2D eigenvalue weighted by atomic mass is 10.1. The van der Waals surface area contributed by atoms with Crippen LogP contribution in [0.4, 0.5) is 10.5 Å². The number of hydrogen-bond donors (Lipinski definition) is 2. The highest BCUT2D eigenvalue weighted by Gasteiger charge is 2.27. The summed E-state index contributed by atoms with van der Waals surface area (Å²) >= 11 is 0. The molecular formula is C28H34N4O4S. The van der Waals surface area contributed by atoms with Gasteiger partial charge < -0.3 is 20.3 Å². The first-order chi connectivity index (χ1) is 17.7. The van der Waals surface area contributed by atoms with Crippen LogP contribution in [-0.2, 0) is 16.6 Å². The molecular weight excluding hydrogens is 488 g/mol. The molecule has 2 amide bonds. The lowest BCUT2D eigenvalue weighted by Gasteiger charge is -2.31. The molecule has 196 valence electrons. The predicted octanol–water partition coefficient (Wildman–Crippen LogP) is 4.39. The van der Waals surface area contributed by atoms with E-state index in [1.165, 1.54) is 15.9 Å². The van der Waals surface area contributed by atoms with Crippen molar-refractivity contribution in [2.45, 2.75) is 31.4 Å². The maximum Gasteiger partial charge on any atom is 0.319 e. The second-order valence-corrected chi connectivity index (χ2v) is 11.3. The highest BCUT2D eigenvalue weighted by atomic mass is 32.2. The average Bonchev–Trinajstić information content (AvgIpc) is 2.88. The Balaban J connectivity index is 1.32. The minimum Gasteiger partial charge on any atom is -0.489 e. The van der Waals surface area contributed by atoms with Crippen LogP contribution in [0, 0.1) is 6.92 Å². The zero-order chi connectivity index (χ0) is 26.4. The third kappa shape index (κ3) is 7.09. The Morgan fingerprint density at radius 1 is 0.973 bits per heavy atom. The van der Waals surface area contributed by atoms with Crippen LogP contribution in [0.3, 0.4) is 0 Å². The van der Waals surface area contributed by atoms with Gasteiger partial charge in [-0.3, -0.25) is 0 Å². The number of piperazine rings is 1. The van der Waals surface area contributed by atoms with Gasteiger partial charge in [-0.25, -0.2) is 13.2 Å². The third-order valence-corrected chi connectivity index (χ3v) is 8.30. The molecule has 8 nitrogen and oxygen atoms in total. The van der Waals surface area contributed by atoms with Crippen LogP contribution in [0.1, 0.15) is 29.7 Å². The number of carbonyl (C=O) groups is 1. The molecule has 0 aliphatic carbocycles. The maximum atomic E-state index is 13.0. The number of anilines is 1. The van der Waals surface area contributed by atoms with Crippen molar-refractivity contribution in [2.24, 2.45) is 0 Å². The fourth-order valence-corrected chi connectivity index (χ4v) is 5.65. The van der Waals surface area contributed by atoms with E-state index in [0.29, 0.717) is 38.5 Å². The van der Waals surface area contributed by atoms with Gasteiger partial charge >= 0.3 is 6.03 Å². The molecule has 0 aromatic heterocycles. The summed E-state index contributed by atoms with van der Waals surface area (Å²) in [6.45, 7) is 6.70. The number of sulfonamides is 1. The van der Waals surface area contributed by atoms with Gasteiger partial charge in [-0.05, 0) is 62.4 Å². The predicted molar refractivity (Wildman–Crippen MR) is 145 cm³/mol. The Hall–Kier alpha value is -3.40. The zero-order valence-electron chi connectivity index (χ0n) is 21.5. The van der Waals surface area contributed by atoms with Gasteiger partial charge in [0.05, 0.1) is 10.9 Å². The van der Waals surface area contributed by atoms with Crippen molar-refractivity contribution in [3.05, 3.63) is 89.5 Å². The van der Waals surface area contributed by atoms with Gasteiger partial charge in [-0.1, -0.05) is 48.0 Å². The largest absolute Gasteiger partial charge is 0.489 e. The first-order valence-corrected chi connectivity index (χ1v) is 13.8. The highest BCUT2D eigenvalue weighted by Crippen LogP contribution is 2.22. The van der Waals surface area contributed by atoms with Crippen LogP contribution in [0.25, 0.3) is 0 Å². The van der Waals surface area contributed by atoms with E-state index in [0.717, 1.165) is 16.9 Å². The second kappa shape index (κ2) is 11.8. The number of likely N-dealkylation sites (N-methyl/N-ethyl adjacent to an activating group) is 1. The summed E-state index contributed by atoms with van der Waals surface area (Å²) in [5, 5.41) is 5.65. The van der Waals surface area contributed by atoms with Crippen LogP contribution in [0.15, 0.2) is 77.7 Å². The summed E-state index contributed by atoms with van der Waals surface area (Å²) in [4.78, 5) is 14.9. The highest BCUT2D eigenvalue weighted by molar-refractivity contribution is 7.89. The normalized spacial score (nSPS) is 15.6. The molecule has 37 heavy (non-hydrogen) atoms. The summed E-state index contributed by atoms with van der Waals surface area (Å²) in [6.07, 6.45) is 0. The Bertz CT molecular complexity index is 1320. The van der Waals surface area contributed by atoms with Crippen LogP contribution < -0.4 is 15.4 Å². The van der Waals surface area contributed by atoms with E-state index in [4.69, 9.17) is 4.74 Å². The number of urea groups is 1. The van der Waals surface area contributed by atoms with E-state index in [9.17, 15) is 13.2 Å². The fourth-order valence-electron chi connectivity index (χ4n) is 4.18. The zero-order valence-corrected chi connectivity index (χ0v) is 22.3. The lowest BCUT2D eigenvalue weighted by Crippen LogP contribution is -2.47. The van der Waals surface area contributed by atoms with Crippen LogP contribution in [0.2, 0.25) is 0 Å². The van der Waals surface area contributed by atoms with E-state index in [-0.39, 0.29) is 10.9 Å². The number of carbonyl (C=O) groups excluding carboxylic acids is 1. The molecule has 0 bridgehead atoms. The molecule has 1 heterocycles. The van der Waals surface area contributed by atoms with E-state index in [2.05, 4.69) is 34.6 Å². The van der Waals surface area contributed by atoms with Gasteiger partial charge in [-0.15, -0.1) is 0 Å². The van der Waals surface area contributed by atoms with Gasteiger partial charge in [0.2, 0.25) is 10.0 Å². The van der Waals surface area contributed by atoms with Crippen molar-refractivity contribution in [1.29, 1.82) is 0 Å². The molecule has 0 radical (unpaired) electrons.